The van der Waals surface area contributed by atoms with Gasteiger partial charge in [-0.25, -0.2) is 4.39 Å². The molecule has 1 aliphatic rings. The fourth-order valence-corrected chi connectivity index (χ4v) is 2.75. The molecule has 0 amide bonds. The van der Waals surface area contributed by atoms with Gasteiger partial charge in [0.2, 0.25) is 0 Å². The summed E-state index contributed by atoms with van der Waals surface area (Å²) in [6.45, 7) is 4.51. The van der Waals surface area contributed by atoms with Crippen LogP contribution in [0.4, 0.5) is 10.1 Å². The van der Waals surface area contributed by atoms with Gasteiger partial charge in [0.25, 0.3) is 0 Å². The van der Waals surface area contributed by atoms with Crippen LogP contribution >= 0.6 is 12.2 Å². The predicted molar refractivity (Wildman–Crippen MR) is 77.3 cm³/mol. The van der Waals surface area contributed by atoms with E-state index in [1.165, 1.54) is 12.5 Å². The van der Waals surface area contributed by atoms with Crippen LogP contribution in [0.3, 0.4) is 0 Å². The van der Waals surface area contributed by atoms with Crippen molar-refractivity contribution in [1.82, 2.24) is 0 Å². The van der Waals surface area contributed by atoms with Crippen LogP contribution in [0.2, 0.25) is 0 Å². The van der Waals surface area contributed by atoms with E-state index >= 15 is 0 Å². The summed E-state index contributed by atoms with van der Waals surface area (Å²) >= 11 is 4.79. The number of hydrogen-bond donors (Lipinski definition) is 2. The Labute approximate surface area is 113 Å². The highest BCUT2D eigenvalue weighted by Crippen LogP contribution is 2.33. The molecule has 1 aromatic carbocycles. The van der Waals surface area contributed by atoms with E-state index in [2.05, 4.69) is 19.2 Å². The van der Waals surface area contributed by atoms with Crippen LogP contribution in [-0.2, 0) is 0 Å². The zero-order valence-electron chi connectivity index (χ0n) is 10.7. The average molecular weight is 266 g/mol. The molecule has 2 nitrogen and oxygen atoms in total. The number of rotatable bonds is 3. The van der Waals surface area contributed by atoms with Crippen LogP contribution in [0.15, 0.2) is 18.2 Å². The Morgan fingerprint density at radius 3 is 2.61 bits per heavy atom. The zero-order chi connectivity index (χ0) is 13.3. The number of thiocarbonyl (C=S) groups is 1. The van der Waals surface area contributed by atoms with E-state index in [-0.39, 0.29) is 10.8 Å². The molecular weight excluding hydrogens is 247 g/mol. The number of nitrogens with one attached hydrogen (secondary N) is 1. The van der Waals surface area contributed by atoms with Gasteiger partial charge in [-0.05, 0) is 42.9 Å². The van der Waals surface area contributed by atoms with Crippen molar-refractivity contribution in [2.75, 3.05) is 5.32 Å². The Hall–Kier alpha value is -1.16. The van der Waals surface area contributed by atoms with Gasteiger partial charge in [-0.1, -0.05) is 26.1 Å². The van der Waals surface area contributed by atoms with Crippen molar-refractivity contribution in [1.29, 1.82) is 0 Å². The van der Waals surface area contributed by atoms with E-state index in [4.69, 9.17) is 18.0 Å². The largest absolute Gasteiger partial charge is 0.389 e. The molecule has 0 heterocycles. The Bertz CT molecular complexity index is 461. The summed E-state index contributed by atoms with van der Waals surface area (Å²) in [6, 6.07) is 5.38. The number of hydrogen-bond acceptors (Lipinski definition) is 2. The summed E-state index contributed by atoms with van der Waals surface area (Å²) in [5, 5.41) is 3.40. The molecule has 3 atom stereocenters. The fraction of sp³-hybridized carbons (Fsp3) is 0.500. The van der Waals surface area contributed by atoms with Crippen molar-refractivity contribution in [2.24, 2.45) is 17.6 Å². The van der Waals surface area contributed by atoms with Crippen LogP contribution in [0, 0.1) is 17.7 Å². The lowest BCUT2D eigenvalue weighted by Crippen LogP contribution is -2.24. The van der Waals surface area contributed by atoms with Gasteiger partial charge in [0.15, 0.2) is 0 Å². The van der Waals surface area contributed by atoms with Gasteiger partial charge in [0.1, 0.15) is 10.8 Å². The van der Waals surface area contributed by atoms with Gasteiger partial charge in [-0.2, -0.15) is 0 Å². The third kappa shape index (κ3) is 2.64. The molecule has 0 bridgehead atoms. The van der Waals surface area contributed by atoms with Gasteiger partial charge in [-0.15, -0.1) is 0 Å². The van der Waals surface area contributed by atoms with Crippen LogP contribution < -0.4 is 11.1 Å². The number of halogens is 1. The van der Waals surface area contributed by atoms with Crippen molar-refractivity contribution in [2.45, 2.75) is 32.7 Å². The quantitative estimate of drug-likeness (QED) is 0.824. The summed E-state index contributed by atoms with van der Waals surface area (Å²) in [7, 11) is 0. The molecule has 0 aliphatic heterocycles. The first-order valence-electron chi connectivity index (χ1n) is 6.35. The Morgan fingerprint density at radius 2 is 2.11 bits per heavy atom. The highest BCUT2D eigenvalue weighted by atomic mass is 32.1. The fourth-order valence-electron chi connectivity index (χ4n) is 2.59. The number of nitrogens with two attached hydrogens (primary N) is 1. The Kier molecular flexibility index (Phi) is 3.85. The molecule has 98 valence electrons. The molecule has 0 saturated heterocycles. The lowest BCUT2D eigenvalue weighted by atomic mass is 9.97. The molecular formula is C14H19FN2S. The minimum absolute atomic E-state index is 0.0990. The van der Waals surface area contributed by atoms with Crippen molar-refractivity contribution in [3.05, 3.63) is 29.6 Å². The average Bonchev–Trinajstić information content (AvgIpc) is 2.61. The third-order valence-electron chi connectivity index (χ3n) is 4.05. The first-order chi connectivity index (χ1) is 8.49. The highest BCUT2D eigenvalue weighted by Gasteiger charge is 2.29. The first-order valence-corrected chi connectivity index (χ1v) is 6.75. The van der Waals surface area contributed by atoms with Gasteiger partial charge >= 0.3 is 0 Å². The molecule has 1 fully saturated rings. The van der Waals surface area contributed by atoms with Crippen molar-refractivity contribution >= 4 is 22.9 Å². The topological polar surface area (TPSA) is 38.0 Å². The normalized spacial score (nSPS) is 27.2. The van der Waals surface area contributed by atoms with Crippen molar-refractivity contribution in [3.63, 3.8) is 0 Å². The molecule has 1 saturated carbocycles. The summed E-state index contributed by atoms with van der Waals surface area (Å²) < 4.78 is 13.7. The van der Waals surface area contributed by atoms with E-state index in [1.807, 2.05) is 6.07 Å². The Balaban J connectivity index is 2.11. The van der Waals surface area contributed by atoms with E-state index in [0.717, 1.165) is 18.0 Å². The second-order valence-corrected chi connectivity index (χ2v) is 5.66. The first kappa shape index (κ1) is 13.3. The summed E-state index contributed by atoms with van der Waals surface area (Å²) in [5.74, 6) is 0.984. The monoisotopic (exact) mass is 266 g/mol. The maximum atomic E-state index is 13.7. The second kappa shape index (κ2) is 5.22. The van der Waals surface area contributed by atoms with Gasteiger partial charge in [0, 0.05) is 17.3 Å². The molecule has 3 unspecified atom stereocenters. The van der Waals surface area contributed by atoms with Crippen LogP contribution in [0.1, 0.15) is 32.3 Å². The lowest BCUT2D eigenvalue weighted by Gasteiger charge is -2.21. The van der Waals surface area contributed by atoms with Crippen molar-refractivity contribution < 1.29 is 4.39 Å². The molecule has 3 N–H and O–H groups in total. The van der Waals surface area contributed by atoms with Gasteiger partial charge < -0.3 is 11.1 Å². The number of benzene rings is 1. The third-order valence-corrected chi connectivity index (χ3v) is 4.27. The van der Waals surface area contributed by atoms with E-state index < -0.39 is 0 Å². The molecule has 0 aromatic heterocycles. The van der Waals surface area contributed by atoms with Crippen LogP contribution in [0.5, 0.6) is 0 Å². The molecule has 1 aliphatic carbocycles. The van der Waals surface area contributed by atoms with Crippen LogP contribution in [0.25, 0.3) is 0 Å². The smallest absolute Gasteiger partial charge is 0.135 e. The van der Waals surface area contributed by atoms with Crippen LogP contribution in [-0.4, -0.2) is 11.0 Å². The maximum Gasteiger partial charge on any atom is 0.135 e. The van der Waals surface area contributed by atoms with Crippen molar-refractivity contribution in [3.8, 4) is 0 Å². The van der Waals surface area contributed by atoms with E-state index in [9.17, 15) is 4.39 Å². The molecule has 0 spiro atoms. The van der Waals surface area contributed by atoms with Gasteiger partial charge in [-0.3, -0.25) is 0 Å². The zero-order valence-corrected chi connectivity index (χ0v) is 11.6. The Morgan fingerprint density at radius 1 is 1.39 bits per heavy atom. The lowest BCUT2D eigenvalue weighted by molar-refractivity contribution is 0.435. The predicted octanol–water partition coefficient (Wildman–Crippen LogP) is 3.31. The highest BCUT2D eigenvalue weighted by molar-refractivity contribution is 7.80. The second-order valence-electron chi connectivity index (χ2n) is 5.22. The minimum atomic E-state index is -0.355. The summed E-state index contributed by atoms with van der Waals surface area (Å²) in [6.07, 6.45) is 2.37. The minimum Gasteiger partial charge on any atom is -0.389 e. The SMILES string of the molecule is CC1CCC(Nc2ccc(C(N)=S)c(F)c2)C1C. The molecule has 1 aromatic rings. The molecule has 4 heteroatoms. The molecule has 0 radical (unpaired) electrons. The molecule has 18 heavy (non-hydrogen) atoms. The van der Waals surface area contributed by atoms with E-state index in [0.29, 0.717) is 17.5 Å². The summed E-state index contributed by atoms with van der Waals surface area (Å²) in [4.78, 5) is 0.0990. The van der Waals surface area contributed by atoms with Gasteiger partial charge in [0.05, 0.1) is 0 Å². The molecule has 2 rings (SSSR count). The maximum absolute atomic E-state index is 13.7. The summed E-state index contributed by atoms with van der Waals surface area (Å²) in [5.41, 5.74) is 6.55. The van der Waals surface area contributed by atoms with E-state index in [1.54, 1.807) is 6.07 Å². The number of anilines is 1. The standard InChI is InChI=1S/C14H19FN2S/c1-8-3-6-13(9(8)2)17-10-4-5-11(14(16)18)12(15)7-10/h4-5,7-9,13,17H,3,6H2,1-2H3,(H2,16,18).